The molecule has 3 heterocycles. The molecule has 3 aromatic rings. The average Bonchev–Trinajstić information content (AvgIpc) is 3.10. The lowest BCUT2D eigenvalue weighted by molar-refractivity contribution is 0.577. The summed E-state index contributed by atoms with van der Waals surface area (Å²) in [6.07, 6.45) is 1.63. The third-order valence-corrected chi connectivity index (χ3v) is 4.90. The molecule has 21 heavy (non-hydrogen) atoms. The van der Waals surface area contributed by atoms with E-state index in [2.05, 4.69) is 28.6 Å². The van der Waals surface area contributed by atoms with E-state index in [1.807, 2.05) is 19.1 Å². The molecule has 3 aromatic heterocycles. The van der Waals surface area contributed by atoms with Gasteiger partial charge >= 0.3 is 0 Å². The first-order valence-corrected chi connectivity index (χ1v) is 8.11. The fourth-order valence-electron chi connectivity index (χ4n) is 1.89. The second kappa shape index (κ2) is 5.79. The predicted octanol–water partition coefficient (Wildman–Crippen LogP) is 4.35. The van der Waals surface area contributed by atoms with Crippen molar-refractivity contribution in [3.05, 3.63) is 40.6 Å². The van der Waals surface area contributed by atoms with E-state index in [1.54, 1.807) is 28.9 Å². The van der Waals surface area contributed by atoms with Crippen LogP contribution in [0.4, 0.5) is 21.0 Å². The second-order valence-electron chi connectivity index (χ2n) is 4.70. The monoisotopic (exact) mass is 320 g/mol. The van der Waals surface area contributed by atoms with Crippen LogP contribution in [0, 0.1) is 13.8 Å². The van der Waals surface area contributed by atoms with E-state index in [0.29, 0.717) is 6.01 Å². The van der Waals surface area contributed by atoms with Crippen LogP contribution < -0.4 is 16.4 Å². The number of aryl methyl sites for hydroxylation is 2. The van der Waals surface area contributed by atoms with E-state index in [-0.39, 0.29) is 0 Å². The zero-order chi connectivity index (χ0) is 14.8. The van der Waals surface area contributed by atoms with Gasteiger partial charge in [-0.3, -0.25) is 0 Å². The fourth-order valence-corrected chi connectivity index (χ4v) is 3.57. The molecule has 0 saturated carbocycles. The number of aromatic nitrogens is 1. The van der Waals surface area contributed by atoms with Crippen molar-refractivity contribution in [2.45, 2.75) is 20.4 Å². The van der Waals surface area contributed by atoms with Crippen LogP contribution in [0.1, 0.15) is 16.1 Å². The highest BCUT2D eigenvalue weighted by atomic mass is 32.1. The maximum atomic E-state index is 5.74. The first-order chi connectivity index (χ1) is 10.1. The number of nitrogen functional groups attached to an aromatic ring is 1. The minimum atomic E-state index is 0.520. The number of anilines is 4. The molecule has 0 saturated heterocycles. The quantitative estimate of drug-likeness (QED) is 0.651. The van der Waals surface area contributed by atoms with Gasteiger partial charge in [-0.05, 0) is 37.6 Å². The van der Waals surface area contributed by atoms with Gasteiger partial charge in [0, 0.05) is 4.88 Å². The maximum Gasteiger partial charge on any atom is 0.299 e. The Morgan fingerprint density at radius 2 is 2.14 bits per heavy atom. The summed E-state index contributed by atoms with van der Waals surface area (Å²) in [4.78, 5) is 5.46. The van der Waals surface area contributed by atoms with Gasteiger partial charge in [-0.15, -0.1) is 22.7 Å². The Labute approximate surface area is 130 Å². The molecule has 0 atom stereocenters. The van der Waals surface area contributed by atoms with Gasteiger partial charge in [0.25, 0.3) is 6.01 Å². The Morgan fingerprint density at radius 1 is 1.29 bits per heavy atom. The van der Waals surface area contributed by atoms with Crippen molar-refractivity contribution in [3.63, 3.8) is 0 Å². The normalized spacial score (nSPS) is 10.8. The summed E-state index contributed by atoms with van der Waals surface area (Å²) < 4.78 is 5.30. The van der Waals surface area contributed by atoms with Crippen molar-refractivity contribution in [2.24, 2.45) is 0 Å². The summed E-state index contributed by atoms with van der Waals surface area (Å²) in [6.45, 7) is 4.75. The van der Waals surface area contributed by atoms with Gasteiger partial charge in [-0.2, -0.15) is 4.98 Å². The lowest BCUT2D eigenvalue weighted by Gasteiger charge is -2.02. The molecule has 0 spiro atoms. The van der Waals surface area contributed by atoms with Crippen LogP contribution in [0.5, 0.6) is 0 Å². The van der Waals surface area contributed by atoms with E-state index in [9.17, 15) is 0 Å². The van der Waals surface area contributed by atoms with Gasteiger partial charge in [0.1, 0.15) is 6.26 Å². The third kappa shape index (κ3) is 3.37. The number of nitrogens with one attached hydrogen (secondary N) is 2. The summed E-state index contributed by atoms with van der Waals surface area (Å²) in [5.74, 6) is 0. The topological polar surface area (TPSA) is 76.1 Å². The van der Waals surface area contributed by atoms with E-state index in [4.69, 9.17) is 10.2 Å². The molecular formula is C14H16N4OS2. The van der Waals surface area contributed by atoms with Crippen molar-refractivity contribution in [3.8, 4) is 0 Å². The van der Waals surface area contributed by atoms with Crippen LogP contribution in [0.3, 0.4) is 0 Å². The van der Waals surface area contributed by atoms with Crippen molar-refractivity contribution in [1.82, 2.24) is 4.98 Å². The average molecular weight is 320 g/mol. The number of nitrogens with two attached hydrogens (primary N) is 1. The van der Waals surface area contributed by atoms with Gasteiger partial charge in [0.15, 0.2) is 0 Å². The van der Waals surface area contributed by atoms with Gasteiger partial charge in [0.05, 0.1) is 27.2 Å². The van der Waals surface area contributed by atoms with Crippen molar-refractivity contribution in [1.29, 1.82) is 0 Å². The number of hydrogen-bond donors (Lipinski definition) is 3. The molecule has 0 bridgehead atoms. The van der Waals surface area contributed by atoms with Gasteiger partial charge < -0.3 is 20.8 Å². The first-order valence-electron chi connectivity index (χ1n) is 6.48. The standard InChI is InChI=1S/C14H16N4OS2/c1-8-5-12(18-14-17-9(2)7-19-14)21-13(8)16-6-10-3-4-11(15)20-10/h3-5,7,16H,6,15H2,1-2H3,(H,17,18). The van der Waals surface area contributed by atoms with Crippen molar-refractivity contribution < 1.29 is 4.42 Å². The molecule has 0 aliphatic rings. The Hall–Kier alpha value is -1.99. The van der Waals surface area contributed by atoms with Crippen LogP contribution in [0.2, 0.25) is 0 Å². The smallest absolute Gasteiger partial charge is 0.299 e. The Bertz CT molecular complexity index is 744. The minimum absolute atomic E-state index is 0.520. The number of nitrogens with zero attached hydrogens (tertiary/aromatic N) is 1. The lowest BCUT2D eigenvalue weighted by Crippen LogP contribution is -1.95. The number of oxazole rings is 1. The fraction of sp³-hybridized carbons (Fsp3) is 0.214. The molecule has 4 N–H and O–H groups in total. The van der Waals surface area contributed by atoms with Crippen LogP contribution in [0.15, 0.2) is 28.9 Å². The van der Waals surface area contributed by atoms with Crippen LogP contribution in [-0.2, 0) is 6.54 Å². The molecule has 0 fully saturated rings. The van der Waals surface area contributed by atoms with E-state index in [1.165, 1.54) is 10.4 Å². The molecule has 0 amide bonds. The summed E-state index contributed by atoms with van der Waals surface area (Å²) in [5, 5.41) is 9.59. The van der Waals surface area contributed by atoms with Gasteiger partial charge in [-0.1, -0.05) is 0 Å². The van der Waals surface area contributed by atoms with E-state index in [0.717, 1.165) is 27.2 Å². The Balaban J connectivity index is 1.66. The Kier molecular flexibility index (Phi) is 3.85. The van der Waals surface area contributed by atoms with E-state index < -0.39 is 0 Å². The molecule has 110 valence electrons. The number of hydrogen-bond acceptors (Lipinski definition) is 7. The lowest BCUT2D eigenvalue weighted by atomic mass is 10.3. The largest absolute Gasteiger partial charge is 0.432 e. The summed E-state index contributed by atoms with van der Waals surface area (Å²) in [6, 6.07) is 6.58. The zero-order valence-corrected chi connectivity index (χ0v) is 13.4. The van der Waals surface area contributed by atoms with E-state index >= 15 is 0 Å². The van der Waals surface area contributed by atoms with Crippen LogP contribution in [0.25, 0.3) is 0 Å². The Morgan fingerprint density at radius 3 is 2.81 bits per heavy atom. The molecule has 0 aliphatic heterocycles. The maximum absolute atomic E-state index is 5.74. The SMILES string of the molecule is Cc1coc(Nc2cc(C)c(NCc3ccc(N)s3)s2)n1. The molecule has 0 aromatic carbocycles. The minimum Gasteiger partial charge on any atom is -0.432 e. The zero-order valence-electron chi connectivity index (χ0n) is 11.8. The third-order valence-electron chi connectivity index (χ3n) is 2.87. The molecule has 5 nitrogen and oxygen atoms in total. The highest BCUT2D eigenvalue weighted by Crippen LogP contribution is 2.34. The number of rotatable bonds is 5. The highest BCUT2D eigenvalue weighted by molar-refractivity contribution is 7.20. The molecule has 0 radical (unpaired) electrons. The van der Waals surface area contributed by atoms with Crippen LogP contribution >= 0.6 is 22.7 Å². The molecular weight excluding hydrogens is 304 g/mol. The molecule has 0 aliphatic carbocycles. The second-order valence-corrected chi connectivity index (χ2v) is 6.95. The molecule has 0 unspecified atom stereocenters. The van der Waals surface area contributed by atoms with Crippen LogP contribution in [-0.4, -0.2) is 4.98 Å². The molecule has 3 rings (SSSR count). The summed E-state index contributed by atoms with van der Waals surface area (Å²) in [5.41, 5.74) is 7.79. The summed E-state index contributed by atoms with van der Waals surface area (Å²) in [7, 11) is 0. The predicted molar refractivity (Wildman–Crippen MR) is 89.6 cm³/mol. The van der Waals surface area contributed by atoms with Crippen molar-refractivity contribution in [2.75, 3.05) is 16.4 Å². The summed E-state index contributed by atoms with van der Waals surface area (Å²) >= 11 is 3.25. The van der Waals surface area contributed by atoms with Crippen molar-refractivity contribution >= 4 is 43.7 Å². The highest BCUT2D eigenvalue weighted by Gasteiger charge is 2.08. The van der Waals surface area contributed by atoms with Gasteiger partial charge in [0.2, 0.25) is 0 Å². The number of thiophene rings is 2. The van der Waals surface area contributed by atoms with Gasteiger partial charge in [-0.25, -0.2) is 0 Å². The molecule has 7 heteroatoms. The first kappa shape index (κ1) is 14.0.